The third kappa shape index (κ3) is 3.18. The first-order valence-electron chi connectivity index (χ1n) is 5.87. The topological polar surface area (TPSA) is 95.5 Å². The van der Waals surface area contributed by atoms with Crippen molar-refractivity contribution in [1.82, 2.24) is 10.6 Å². The van der Waals surface area contributed by atoms with Gasteiger partial charge >= 0.3 is 5.97 Å². The average molecular weight is 282 g/mol. The van der Waals surface area contributed by atoms with Gasteiger partial charge in [-0.05, 0) is 25.0 Å². The van der Waals surface area contributed by atoms with E-state index in [1.165, 1.54) is 11.3 Å². The van der Waals surface area contributed by atoms with E-state index in [1.54, 1.807) is 6.07 Å². The summed E-state index contributed by atoms with van der Waals surface area (Å²) in [4.78, 5) is 34.6. The van der Waals surface area contributed by atoms with Crippen LogP contribution >= 0.6 is 11.3 Å². The monoisotopic (exact) mass is 282 g/mol. The maximum absolute atomic E-state index is 11.5. The van der Waals surface area contributed by atoms with Crippen LogP contribution in [0.25, 0.3) is 0 Å². The molecule has 1 saturated heterocycles. The molecule has 0 radical (unpaired) electrons. The van der Waals surface area contributed by atoms with Crippen LogP contribution in [0.2, 0.25) is 0 Å². The molecule has 2 amide bonds. The number of carbonyl (C=O) groups is 3. The van der Waals surface area contributed by atoms with E-state index in [2.05, 4.69) is 10.6 Å². The second-order valence-electron chi connectivity index (χ2n) is 4.38. The van der Waals surface area contributed by atoms with Gasteiger partial charge in [0, 0.05) is 17.8 Å². The Bertz CT molecular complexity index is 538. The molecule has 1 aromatic heterocycles. The number of hydrogen-bond acceptors (Lipinski definition) is 5. The van der Waals surface area contributed by atoms with Crippen molar-refractivity contribution >= 4 is 29.1 Å². The highest BCUT2D eigenvalue weighted by atomic mass is 32.1. The highest BCUT2D eigenvalue weighted by Gasteiger charge is 2.26. The molecule has 19 heavy (non-hydrogen) atoms. The summed E-state index contributed by atoms with van der Waals surface area (Å²) in [6.07, 6.45) is 0.798. The van der Waals surface area contributed by atoms with Gasteiger partial charge < -0.3 is 10.4 Å². The minimum Gasteiger partial charge on any atom is -0.477 e. The lowest BCUT2D eigenvalue weighted by Gasteiger charge is -2.21. The van der Waals surface area contributed by atoms with E-state index in [1.807, 2.05) is 6.92 Å². The number of hydrogen-bond donors (Lipinski definition) is 3. The van der Waals surface area contributed by atoms with E-state index >= 15 is 0 Å². The van der Waals surface area contributed by atoms with Gasteiger partial charge in [0.05, 0.1) is 6.04 Å². The van der Waals surface area contributed by atoms with Crippen molar-refractivity contribution in [2.75, 3.05) is 0 Å². The van der Waals surface area contributed by atoms with Crippen molar-refractivity contribution in [3.8, 4) is 0 Å². The number of rotatable bonds is 4. The number of imide groups is 1. The van der Waals surface area contributed by atoms with Gasteiger partial charge in [0.2, 0.25) is 11.8 Å². The fourth-order valence-electron chi connectivity index (χ4n) is 1.92. The molecule has 3 N–H and O–H groups in total. The minimum absolute atomic E-state index is 0.247. The molecular formula is C12H14N2O4S. The predicted molar refractivity (Wildman–Crippen MR) is 69.0 cm³/mol. The number of thiophene rings is 1. The van der Waals surface area contributed by atoms with Crippen LogP contribution in [0, 0.1) is 6.92 Å². The zero-order valence-corrected chi connectivity index (χ0v) is 11.2. The van der Waals surface area contributed by atoms with Crippen LogP contribution in [0.4, 0.5) is 0 Å². The molecule has 2 rings (SSSR count). The maximum Gasteiger partial charge on any atom is 0.345 e. The number of piperidine rings is 1. The van der Waals surface area contributed by atoms with Crippen molar-refractivity contribution in [2.24, 2.45) is 0 Å². The van der Waals surface area contributed by atoms with Gasteiger partial charge in [-0.25, -0.2) is 4.79 Å². The molecule has 1 aliphatic rings. The smallest absolute Gasteiger partial charge is 0.345 e. The largest absolute Gasteiger partial charge is 0.477 e. The van der Waals surface area contributed by atoms with E-state index in [9.17, 15) is 14.4 Å². The molecule has 1 fully saturated rings. The highest BCUT2D eigenvalue weighted by Crippen LogP contribution is 2.21. The summed E-state index contributed by atoms with van der Waals surface area (Å²) in [5.74, 6) is -1.51. The van der Waals surface area contributed by atoms with Gasteiger partial charge in [0.15, 0.2) is 0 Å². The van der Waals surface area contributed by atoms with Crippen molar-refractivity contribution in [3.05, 3.63) is 21.4 Å². The molecular weight excluding hydrogens is 268 g/mol. The number of amides is 2. The van der Waals surface area contributed by atoms with Crippen LogP contribution in [0.15, 0.2) is 6.07 Å². The lowest BCUT2D eigenvalue weighted by Crippen LogP contribution is -2.50. The first kappa shape index (κ1) is 13.7. The molecule has 0 saturated carbocycles. The summed E-state index contributed by atoms with van der Waals surface area (Å²) >= 11 is 1.22. The first-order chi connectivity index (χ1) is 8.97. The van der Waals surface area contributed by atoms with Crippen LogP contribution in [0.1, 0.15) is 33.0 Å². The average Bonchev–Trinajstić information content (AvgIpc) is 2.70. The molecule has 7 heteroatoms. The normalized spacial score (nSPS) is 19.3. The second-order valence-corrected chi connectivity index (χ2v) is 5.64. The Kier molecular flexibility index (Phi) is 3.96. The summed E-state index contributed by atoms with van der Waals surface area (Å²) < 4.78 is 0. The van der Waals surface area contributed by atoms with E-state index in [0.29, 0.717) is 19.4 Å². The fourth-order valence-corrected chi connectivity index (χ4v) is 2.80. The van der Waals surface area contributed by atoms with Crippen LogP contribution in [0.5, 0.6) is 0 Å². The van der Waals surface area contributed by atoms with Crippen LogP contribution in [-0.4, -0.2) is 28.9 Å². The van der Waals surface area contributed by atoms with Gasteiger partial charge in [-0.3, -0.25) is 14.9 Å². The number of carboxylic acids is 1. The highest BCUT2D eigenvalue weighted by molar-refractivity contribution is 7.14. The molecule has 2 heterocycles. The number of carbonyl (C=O) groups excluding carboxylic acids is 2. The van der Waals surface area contributed by atoms with Gasteiger partial charge in [-0.2, -0.15) is 0 Å². The molecule has 1 aliphatic heterocycles. The summed E-state index contributed by atoms with van der Waals surface area (Å²) in [5, 5.41) is 14.2. The standard InChI is InChI=1S/C12H14N2O4S/c1-6-7(4-9(19-6)12(17)18)5-13-8-2-3-10(15)14-11(8)16/h4,8,13H,2-3,5H2,1H3,(H,17,18)(H,14,15,16). The van der Waals surface area contributed by atoms with Crippen molar-refractivity contribution < 1.29 is 19.5 Å². The number of carboxylic acid groups (broad SMARTS) is 1. The Hall–Kier alpha value is -1.73. The van der Waals surface area contributed by atoms with Gasteiger partial charge in [0.1, 0.15) is 4.88 Å². The molecule has 0 aromatic carbocycles. The molecule has 1 unspecified atom stereocenters. The van der Waals surface area contributed by atoms with Crippen LogP contribution < -0.4 is 10.6 Å². The van der Waals surface area contributed by atoms with Crippen molar-refractivity contribution in [3.63, 3.8) is 0 Å². The van der Waals surface area contributed by atoms with Gasteiger partial charge in [0.25, 0.3) is 0 Å². The zero-order valence-electron chi connectivity index (χ0n) is 10.4. The van der Waals surface area contributed by atoms with E-state index in [4.69, 9.17) is 5.11 Å². The van der Waals surface area contributed by atoms with E-state index in [-0.39, 0.29) is 16.7 Å². The maximum atomic E-state index is 11.5. The summed E-state index contributed by atoms with van der Waals surface area (Å²) in [6.45, 7) is 2.26. The van der Waals surface area contributed by atoms with E-state index < -0.39 is 12.0 Å². The van der Waals surface area contributed by atoms with Crippen LogP contribution in [0.3, 0.4) is 0 Å². The predicted octanol–water partition coefficient (Wildman–Crippen LogP) is 0.650. The number of nitrogens with one attached hydrogen (secondary N) is 2. The molecule has 102 valence electrons. The van der Waals surface area contributed by atoms with Crippen molar-refractivity contribution in [2.45, 2.75) is 32.4 Å². The summed E-state index contributed by atoms with van der Waals surface area (Å²) in [6, 6.07) is 1.21. The quantitative estimate of drug-likeness (QED) is 0.705. The molecule has 0 bridgehead atoms. The Balaban J connectivity index is 1.97. The molecule has 0 aliphatic carbocycles. The first-order valence-corrected chi connectivity index (χ1v) is 6.68. The summed E-state index contributed by atoms with van der Waals surface area (Å²) in [7, 11) is 0. The molecule has 1 atom stereocenters. The van der Waals surface area contributed by atoms with Crippen molar-refractivity contribution in [1.29, 1.82) is 0 Å². The Labute approximate surface area is 113 Å². The molecule has 6 nitrogen and oxygen atoms in total. The molecule has 1 aromatic rings. The fraction of sp³-hybridized carbons (Fsp3) is 0.417. The number of aromatic carboxylic acids is 1. The Morgan fingerprint density at radius 3 is 2.89 bits per heavy atom. The SMILES string of the molecule is Cc1sc(C(=O)O)cc1CNC1CCC(=O)NC1=O. The Morgan fingerprint density at radius 1 is 1.58 bits per heavy atom. The van der Waals surface area contributed by atoms with Crippen LogP contribution in [-0.2, 0) is 16.1 Å². The summed E-state index contributed by atoms with van der Waals surface area (Å²) in [5.41, 5.74) is 0.868. The second kappa shape index (κ2) is 5.50. The lowest BCUT2D eigenvalue weighted by atomic mass is 10.1. The zero-order chi connectivity index (χ0) is 14.0. The lowest BCUT2D eigenvalue weighted by molar-refractivity contribution is -0.134. The molecule has 0 spiro atoms. The third-order valence-corrected chi connectivity index (χ3v) is 4.09. The third-order valence-electron chi connectivity index (χ3n) is 3.01. The van der Waals surface area contributed by atoms with Gasteiger partial charge in [-0.15, -0.1) is 11.3 Å². The Morgan fingerprint density at radius 2 is 2.32 bits per heavy atom. The van der Waals surface area contributed by atoms with E-state index in [0.717, 1.165) is 10.4 Å². The van der Waals surface area contributed by atoms with Gasteiger partial charge in [-0.1, -0.05) is 0 Å². The number of aryl methyl sites for hydroxylation is 1. The minimum atomic E-state index is -0.944.